The Bertz CT molecular complexity index is 571. The van der Waals surface area contributed by atoms with E-state index in [1.807, 2.05) is 0 Å². The summed E-state index contributed by atoms with van der Waals surface area (Å²) in [7, 11) is -1.32. The van der Waals surface area contributed by atoms with E-state index < -0.39 is 15.7 Å². The van der Waals surface area contributed by atoms with Crippen LogP contribution >= 0.6 is 0 Å². The van der Waals surface area contributed by atoms with Gasteiger partial charge in [-0.15, -0.1) is 0 Å². The van der Waals surface area contributed by atoms with E-state index in [1.54, 1.807) is 11.9 Å². The van der Waals surface area contributed by atoms with Gasteiger partial charge in [0.2, 0.25) is 0 Å². The van der Waals surface area contributed by atoms with Gasteiger partial charge in [0.1, 0.15) is 12.1 Å². The predicted molar refractivity (Wildman–Crippen MR) is 67.2 cm³/mol. The van der Waals surface area contributed by atoms with Crippen molar-refractivity contribution in [3.05, 3.63) is 29.6 Å². The minimum atomic E-state index is -2.99. The van der Waals surface area contributed by atoms with Crippen LogP contribution in [0.15, 0.2) is 18.2 Å². The largest absolute Gasteiger partial charge is 0.368 e. The van der Waals surface area contributed by atoms with Gasteiger partial charge in [0.25, 0.3) is 0 Å². The number of benzene rings is 1. The number of hydrogen-bond acceptors (Lipinski definition) is 4. The maximum absolute atomic E-state index is 13.8. The average molecular weight is 271 g/mol. The molecule has 0 saturated carbocycles. The second-order valence-corrected chi connectivity index (χ2v) is 6.73. The summed E-state index contributed by atoms with van der Waals surface area (Å²) in [5, 5.41) is 0. The molecule has 1 saturated heterocycles. The first-order chi connectivity index (χ1) is 8.43. The molecule has 0 radical (unpaired) electrons. The Morgan fingerprint density at radius 3 is 2.67 bits per heavy atom. The van der Waals surface area contributed by atoms with Crippen molar-refractivity contribution in [1.82, 2.24) is 0 Å². The minimum Gasteiger partial charge on any atom is -0.368 e. The van der Waals surface area contributed by atoms with Crippen molar-refractivity contribution in [1.29, 1.82) is 0 Å². The van der Waals surface area contributed by atoms with Crippen molar-refractivity contribution in [2.24, 2.45) is 0 Å². The van der Waals surface area contributed by atoms with Crippen LogP contribution in [0.5, 0.6) is 0 Å². The van der Waals surface area contributed by atoms with Gasteiger partial charge in [-0.2, -0.15) is 0 Å². The maximum atomic E-state index is 13.8. The molecule has 18 heavy (non-hydrogen) atoms. The summed E-state index contributed by atoms with van der Waals surface area (Å²) in [4.78, 5) is 12.2. The minimum absolute atomic E-state index is 0.0539. The van der Waals surface area contributed by atoms with Crippen LogP contribution in [0.3, 0.4) is 0 Å². The van der Waals surface area contributed by atoms with Crippen LogP contribution in [-0.2, 0) is 9.84 Å². The number of anilines is 1. The van der Waals surface area contributed by atoms with E-state index in [-0.39, 0.29) is 23.1 Å². The lowest BCUT2D eigenvalue weighted by molar-refractivity contribution is 0.112. The summed E-state index contributed by atoms with van der Waals surface area (Å²) >= 11 is 0. The van der Waals surface area contributed by atoms with Gasteiger partial charge in [0.05, 0.1) is 17.2 Å². The third-order valence-electron chi connectivity index (χ3n) is 3.24. The zero-order chi connectivity index (χ0) is 13.3. The second kappa shape index (κ2) is 4.68. The van der Waals surface area contributed by atoms with Crippen LogP contribution in [0.4, 0.5) is 10.1 Å². The summed E-state index contributed by atoms with van der Waals surface area (Å²) in [5.74, 6) is -0.305. The van der Waals surface area contributed by atoms with Crippen molar-refractivity contribution >= 4 is 21.8 Å². The van der Waals surface area contributed by atoms with E-state index in [0.717, 1.165) is 6.07 Å². The van der Waals surface area contributed by atoms with Crippen LogP contribution in [-0.4, -0.2) is 39.3 Å². The van der Waals surface area contributed by atoms with E-state index in [1.165, 1.54) is 12.1 Å². The molecule has 2 rings (SSSR count). The second-order valence-electron chi connectivity index (χ2n) is 4.50. The third kappa shape index (κ3) is 2.53. The van der Waals surface area contributed by atoms with Gasteiger partial charge >= 0.3 is 0 Å². The monoisotopic (exact) mass is 271 g/mol. The fourth-order valence-corrected chi connectivity index (χ4v) is 3.93. The van der Waals surface area contributed by atoms with Gasteiger partial charge in [0.15, 0.2) is 9.84 Å². The molecule has 0 N–H and O–H groups in total. The number of rotatable bonds is 3. The first-order valence-electron chi connectivity index (χ1n) is 5.61. The molecule has 0 aromatic heterocycles. The summed E-state index contributed by atoms with van der Waals surface area (Å²) in [6.45, 7) is 0. The lowest BCUT2D eigenvalue weighted by atomic mass is 10.1. The highest BCUT2D eigenvalue weighted by Crippen LogP contribution is 2.25. The highest BCUT2D eigenvalue weighted by Gasteiger charge is 2.31. The van der Waals surface area contributed by atoms with Crippen LogP contribution in [0.25, 0.3) is 0 Å². The lowest BCUT2D eigenvalue weighted by Gasteiger charge is -2.26. The van der Waals surface area contributed by atoms with E-state index >= 15 is 0 Å². The van der Waals surface area contributed by atoms with Gasteiger partial charge in [-0.1, -0.05) is 0 Å². The standard InChI is InChI=1S/C12H14FNO3S/c1-14(10-4-5-18(16,17)8-10)12-3-2-9(7-15)6-11(12)13/h2-3,6-7,10H,4-5,8H2,1H3. The van der Waals surface area contributed by atoms with Crippen LogP contribution < -0.4 is 4.90 Å². The first kappa shape index (κ1) is 13.0. The molecule has 1 aliphatic heterocycles. The normalized spacial score (nSPS) is 21.8. The van der Waals surface area contributed by atoms with Gasteiger partial charge in [-0.3, -0.25) is 4.79 Å². The van der Waals surface area contributed by atoms with Crippen molar-refractivity contribution in [3.8, 4) is 0 Å². The Kier molecular flexibility index (Phi) is 3.38. The summed E-state index contributed by atoms with van der Waals surface area (Å²) in [6.07, 6.45) is 1.08. The molecule has 6 heteroatoms. The van der Waals surface area contributed by atoms with Crippen molar-refractivity contribution in [2.45, 2.75) is 12.5 Å². The molecule has 0 bridgehead atoms. The maximum Gasteiger partial charge on any atom is 0.152 e. The highest BCUT2D eigenvalue weighted by atomic mass is 32.2. The predicted octanol–water partition coefficient (Wildman–Crippen LogP) is 1.26. The third-order valence-corrected chi connectivity index (χ3v) is 4.99. The first-order valence-corrected chi connectivity index (χ1v) is 7.43. The highest BCUT2D eigenvalue weighted by molar-refractivity contribution is 7.91. The molecular formula is C12H14FNO3S. The average Bonchev–Trinajstić information content (AvgIpc) is 2.68. The fraction of sp³-hybridized carbons (Fsp3) is 0.417. The van der Waals surface area contributed by atoms with Crippen molar-refractivity contribution < 1.29 is 17.6 Å². The number of carbonyl (C=O) groups excluding carboxylic acids is 1. The van der Waals surface area contributed by atoms with E-state index in [0.29, 0.717) is 18.4 Å². The Morgan fingerprint density at radius 2 is 2.17 bits per heavy atom. The summed E-state index contributed by atoms with van der Waals surface area (Å²) in [6, 6.07) is 3.98. The van der Waals surface area contributed by atoms with Crippen molar-refractivity contribution in [3.63, 3.8) is 0 Å². The topological polar surface area (TPSA) is 54.5 Å². The molecule has 1 heterocycles. The lowest BCUT2D eigenvalue weighted by Crippen LogP contribution is -2.33. The van der Waals surface area contributed by atoms with Gasteiger partial charge < -0.3 is 4.90 Å². The van der Waals surface area contributed by atoms with E-state index in [4.69, 9.17) is 0 Å². The summed E-state index contributed by atoms with van der Waals surface area (Å²) in [5.41, 5.74) is 0.589. The number of halogens is 1. The Hall–Kier alpha value is -1.43. The number of carbonyl (C=O) groups is 1. The van der Waals surface area contributed by atoms with Gasteiger partial charge in [-0.25, -0.2) is 12.8 Å². The molecule has 1 unspecified atom stereocenters. The number of hydrogen-bond donors (Lipinski definition) is 0. The number of nitrogens with zero attached hydrogens (tertiary/aromatic N) is 1. The molecule has 1 atom stereocenters. The SMILES string of the molecule is CN(c1ccc(C=O)cc1F)C1CCS(=O)(=O)C1. The Balaban J connectivity index is 2.24. The van der Waals surface area contributed by atoms with Crippen molar-refractivity contribution in [2.75, 3.05) is 23.5 Å². The van der Waals surface area contributed by atoms with Gasteiger partial charge in [-0.05, 0) is 24.6 Å². The quantitative estimate of drug-likeness (QED) is 0.777. The molecule has 98 valence electrons. The smallest absolute Gasteiger partial charge is 0.152 e. The molecule has 1 aliphatic rings. The Labute approximate surface area is 105 Å². The van der Waals surface area contributed by atoms with Gasteiger partial charge in [0, 0.05) is 18.7 Å². The van der Waals surface area contributed by atoms with Crippen LogP contribution in [0.1, 0.15) is 16.8 Å². The Morgan fingerprint density at radius 1 is 1.44 bits per heavy atom. The van der Waals surface area contributed by atoms with E-state index in [9.17, 15) is 17.6 Å². The molecule has 1 fully saturated rings. The molecule has 0 spiro atoms. The molecule has 1 aromatic rings. The van der Waals surface area contributed by atoms with Crippen LogP contribution in [0, 0.1) is 5.82 Å². The number of aldehydes is 1. The van der Waals surface area contributed by atoms with E-state index in [2.05, 4.69) is 0 Å². The molecule has 4 nitrogen and oxygen atoms in total. The molecule has 0 aliphatic carbocycles. The zero-order valence-corrected chi connectivity index (χ0v) is 10.8. The zero-order valence-electron chi connectivity index (χ0n) is 9.97. The molecule has 0 amide bonds. The molecule has 1 aromatic carbocycles. The number of sulfone groups is 1. The fourth-order valence-electron chi connectivity index (χ4n) is 2.16. The van der Waals surface area contributed by atoms with Crippen LogP contribution in [0.2, 0.25) is 0 Å². The molecular weight excluding hydrogens is 257 g/mol. The summed E-state index contributed by atoms with van der Waals surface area (Å²) < 4.78 is 36.6.